The molecule has 9 heteroatoms. The number of hydrogen-bond acceptors (Lipinski definition) is 6. The van der Waals surface area contributed by atoms with Crippen LogP contribution < -0.4 is 5.32 Å². The van der Waals surface area contributed by atoms with Crippen molar-refractivity contribution in [3.8, 4) is 10.6 Å². The molecule has 8 nitrogen and oxygen atoms in total. The molecule has 2 N–H and O–H groups in total. The molecular weight excluding hydrogens is 346 g/mol. The van der Waals surface area contributed by atoms with Crippen LogP contribution in [0.2, 0.25) is 0 Å². The van der Waals surface area contributed by atoms with E-state index < -0.39 is 22.7 Å². The van der Waals surface area contributed by atoms with Gasteiger partial charge >= 0.3 is 5.97 Å². The van der Waals surface area contributed by atoms with Gasteiger partial charge in [0.1, 0.15) is 10.7 Å². The lowest BCUT2D eigenvalue weighted by molar-refractivity contribution is -0.384. The van der Waals surface area contributed by atoms with Crippen LogP contribution in [0, 0.1) is 16.0 Å². The summed E-state index contributed by atoms with van der Waals surface area (Å²) in [7, 11) is 0. The van der Waals surface area contributed by atoms with Gasteiger partial charge in [-0.25, -0.2) is 4.98 Å². The third-order valence-electron chi connectivity index (χ3n) is 4.21. The van der Waals surface area contributed by atoms with Crippen LogP contribution in [0.15, 0.2) is 29.6 Å². The average molecular weight is 361 g/mol. The SMILES string of the molecule is O=C(N[C@H]1CCC[C@H]1C(=O)O)c1csc(-c2ccc([N+](=O)[O-])cc2)n1. The first-order chi connectivity index (χ1) is 12.0. The van der Waals surface area contributed by atoms with E-state index in [1.807, 2.05) is 0 Å². The lowest BCUT2D eigenvalue weighted by atomic mass is 10.0. The van der Waals surface area contributed by atoms with Gasteiger partial charge in [0.25, 0.3) is 11.6 Å². The van der Waals surface area contributed by atoms with Crippen LogP contribution in [0.3, 0.4) is 0 Å². The number of carbonyl (C=O) groups is 2. The number of benzene rings is 1. The summed E-state index contributed by atoms with van der Waals surface area (Å²) >= 11 is 1.25. The van der Waals surface area contributed by atoms with Gasteiger partial charge in [0.05, 0.1) is 10.8 Å². The first kappa shape index (κ1) is 17.0. The third kappa shape index (κ3) is 3.66. The van der Waals surface area contributed by atoms with Gasteiger partial charge in [0, 0.05) is 29.1 Å². The number of nitro benzene ring substituents is 1. The van der Waals surface area contributed by atoms with E-state index in [1.54, 1.807) is 17.5 Å². The molecule has 1 saturated carbocycles. The van der Waals surface area contributed by atoms with Crippen LogP contribution in [0.1, 0.15) is 29.8 Å². The standard InChI is InChI=1S/C16H15N3O5S/c20-14(17-12-3-1-2-11(12)16(21)22)13-8-25-15(18-13)9-4-6-10(7-5-9)19(23)24/h4-8,11-12H,1-3H2,(H,17,20)(H,21,22)/t11-,12+/m1/s1. The highest BCUT2D eigenvalue weighted by Gasteiger charge is 2.34. The Labute approximate surface area is 146 Å². The van der Waals surface area contributed by atoms with Crippen LogP contribution in [-0.2, 0) is 4.79 Å². The summed E-state index contributed by atoms with van der Waals surface area (Å²) in [5.74, 6) is -1.85. The quantitative estimate of drug-likeness (QED) is 0.623. The van der Waals surface area contributed by atoms with E-state index in [0.717, 1.165) is 6.42 Å². The molecule has 1 heterocycles. The fourth-order valence-corrected chi connectivity index (χ4v) is 3.71. The van der Waals surface area contributed by atoms with Crippen LogP contribution in [0.5, 0.6) is 0 Å². The number of nitrogens with zero attached hydrogens (tertiary/aromatic N) is 2. The smallest absolute Gasteiger partial charge is 0.308 e. The number of aliphatic carboxylic acids is 1. The number of nitrogens with one attached hydrogen (secondary N) is 1. The van der Waals surface area contributed by atoms with Crippen molar-refractivity contribution >= 4 is 28.9 Å². The molecule has 0 radical (unpaired) electrons. The second-order valence-electron chi connectivity index (χ2n) is 5.80. The molecule has 1 aliphatic carbocycles. The van der Waals surface area contributed by atoms with Crippen LogP contribution in [0.4, 0.5) is 5.69 Å². The van der Waals surface area contributed by atoms with Gasteiger partial charge in [0.15, 0.2) is 0 Å². The number of thiazole rings is 1. The van der Waals surface area contributed by atoms with E-state index in [9.17, 15) is 19.7 Å². The third-order valence-corrected chi connectivity index (χ3v) is 5.10. The number of rotatable bonds is 5. The highest BCUT2D eigenvalue weighted by Crippen LogP contribution is 2.28. The van der Waals surface area contributed by atoms with E-state index in [2.05, 4.69) is 10.3 Å². The molecule has 1 aliphatic rings. The molecule has 1 aromatic heterocycles. The number of carboxylic acids is 1. The van der Waals surface area contributed by atoms with Gasteiger partial charge in [-0.1, -0.05) is 6.42 Å². The van der Waals surface area contributed by atoms with E-state index in [0.29, 0.717) is 23.4 Å². The van der Waals surface area contributed by atoms with Crippen LogP contribution in [-0.4, -0.2) is 32.9 Å². The Morgan fingerprint density at radius 2 is 2.00 bits per heavy atom. The lowest BCUT2D eigenvalue weighted by Gasteiger charge is -2.16. The molecule has 0 unspecified atom stereocenters. The monoisotopic (exact) mass is 361 g/mol. The molecule has 2 aromatic rings. The van der Waals surface area contributed by atoms with Gasteiger partial charge in [-0.15, -0.1) is 11.3 Å². The molecule has 0 aliphatic heterocycles. The van der Waals surface area contributed by atoms with E-state index >= 15 is 0 Å². The predicted octanol–water partition coefficient (Wildman–Crippen LogP) is 2.70. The molecule has 25 heavy (non-hydrogen) atoms. The van der Waals surface area contributed by atoms with Gasteiger partial charge in [-0.2, -0.15) is 0 Å². The molecular formula is C16H15N3O5S. The fraction of sp³-hybridized carbons (Fsp3) is 0.312. The Hall–Kier alpha value is -2.81. The summed E-state index contributed by atoms with van der Waals surface area (Å²) in [6.45, 7) is 0. The van der Waals surface area contributed by atoms with Crippen molar-refractivity contribution in [2.45, 2.75) is 25.3 Å². The summed E-state index contributed by atoms with van der Waals surface area (Å²) in [6.07, 6.45) is 1.97. The first-order valence-corrected chi connectivity index (χ1v) is 8.57. The van der Waals surface area contributed by atoms with E-state index in [1.165, 1.54) is 23.5 Å². The van der Waals surface area contributed by atoms with Gasteiger partial charge < -0.3 is 10.4 Å². The second-order valence-corrected chi connectivity index (χ2v) is 6.66. The van der Waals surface area contributed by atoms with E-state index in [4.69, 9.17) is 5.11 Å². The lowest BCUT2D eigenvalue weighted by Crippen LogP contribution is -2.40. The molecule has 0 saturated heterocycles. The minimum atomic E-state index is -0.896. The van der Waals surface area contributed by atoms with Crippen LogP contribution in [0.25, 0.3) is 10.6 Å². The van der Waals surface area contributed by atoms with Gasteiger partial charge in [-0.05, 0) is 25.0 Å². The van der Waals surface area contributed by atoms with E-state index in [-0.39, 0.29) is 17.4 Å². The average Bonchev–Trinajstić information content (AvgIpc) is 3.24. The Balaban J connectivity index is 1.71. The topological polar surface area (TPSA) is 122 Å². The van der Waals surface area contributed by atoms with Crippen molar-refractivity contribution in [3.05, 3.63) is 45.5 Å². The zero-order valence-electron chi connectivity index (χ0n) is 13.0. The number of amides is 1. The summed E-state index contributed by atoms with van der Waals surface area (Å²) < 4.78 is 0. The minimum Gasteiger partial charge on any atom is -0.481 e. The molecule has 0 bridgehead atoms. The fourth-order valence-electron chi connectivity index (χ4n) is 2.91. The molecule has 3 rings (SSSR count). The van der Waals surface area contributed by atoms with Crippen molar-refractivity contribution in [2.24, 2.45) is 5.92 Å². The largest absolute Gasteiger partial charge is 0.481 e. The number of carbonyl (C=O) groups excluding carboxylic acids is 1. The Morgan fingerprint density at radius 1 is 1.28 bits per heavy atom. The summed E-state index contributed by atoms with van der Waals surface area (Å²) in [5, 5.41) is 24.8. The second kappa shape index (κ2) is 6.98. The van der Waals surface area contributed by atoms with Crippen molar-refractivity contribution in [1.29, 1.82) is 0 Å². The molecule has 1 amide bonds. The molecule has 1 fully saturated rings. The number of carboxylic acid groups (broad SMARTS) is 1. The summed E-state index contributed by atoms with van der Waals surface area (Å²) in [5.41, 5.74) is 0.882. The van der Waals surface area contributed by atoms with Crippen molar-refractivity contribution < 1.29 is 19.6 Å². The summed E-state index contributed by atoms with van der Waals surface area (Å²) in [4.78, 5) is 37.9. The predicted molar refractivity (Wildman–Crippen MR) is 90.4 cm³/mol. The normalized spacial score (nSPS) is 19.5. The maximum absolute atomic E-state index is 12.3. The minimum absolute atomic E-state index is 0.0146. The molecule has 0 spiro atoms. The summed E-state index contributed by atoms with van der Waals surface area (Å²) in [6, 6.07) is 5.54. The molecule has 1 aromatic carbocycles. The Kier molecular flexibility index (Phi) is 4.75. The molecule has 2 atom stereocenters. The van der Waals surface area contributed by atoms with Crippen molar-refractivity contribution in [1.82, 2.24) is 10.3 Å². The highest BCUT2D eigenvalue weighted by molar-refractivity contribution is 7.13. The Bertz CT molecular complexity index is 817. The van der Waals surface area contributed by atoms with Gasteiger partial charge in [-0.3, -0.25) is 19.7 Å². The number of hydrogen-bond donors (Lipinski definition) is 2. The zero-order valence-corrected chi connectivity index (χ0v) is 13.9. The number of aromatic nitrogens is 1. The highest BCUT2D eigenvalue weighted by atomic mass is 32.1. The van der Waals surface area contributed by atoms with Crippen molar-refractivity contribution in [3.63, 3.8) is 0 Å². The zero-order chi connectivity index (χ0) is 18.0. The molecule has 130 valence electrons. The Morgan fingerprint density at radius 3 is 2.64 bits per heavy atom. The maximum Gasteiger partial charge on any atom is 0.308 e. The number of nitro groups is 1. The first-order valence-electron chi connectivity index (χ1n) is 7.69. The van der Waals surface area contributed by atoms with Gasteiger partial charge in [0.2, 0.25) is 0 Å². The van der Waals surface area contributed by atoms with Crippen molar-refractivity contribution in [2.75, 3.05) is 0 Å². The maximum atomic E-state index is 12.3. The number of non-ortho nitro benzene ring substituents is 1. The van der Waals surface area contributed by atoms with Crippen LogP contribution >= 0.6 is 11.3 Å².